The second-order valence-corrected chi connectivity index (χ2v) is 22.9. The third-order valence-corrected chi connectivity index (χ3v) is 18.9. The number of azide groups is 1. The van der Waals surface area contributed by atoms with E-state index in [2.05, 4.69) is 100 Å². The van der Waals surface area contributed by atoms with Crippen LogP contribution in [0.1, 0.15) is 124 Å². The zero-order chi connectivity index (χ0) is 55.1. The van der Waals surface area contributed by atoms with Crippen LogP contribution in [0.25, 0.3) is 10.4 Å². The Labute approximate surface area is 470 Å². The molecule has 0 spiro atoms. The number of amides is 2. The van der Waals surface area contributed by atoms with Crippen LogP contribution in [0.5, 0.6) is 0 Å². The highest BCUT2D eigenvalue weighted by Gasteiger charge is 2.45. The van der Waals surface area contributed by atoms with Gasteiger partial charge in [0.25, 0.3) is 0 Å². The summed E-state index contributed by atoms with van der Waals surface area (Å²) < 4.78 is 9.18. The first-order chi connectivity index (χ1) is 38.1. The first kappa shape index (κ1) is 58.9. The Balaban J connectivity index is 0.000000226. The Morgan fingerprint density at radius 3 is 1.04 bits per heavy atom. The van der Waals surface area contributed by atoms with Crippen molar-refractivity contribution in [2.45, 2.75) is 112 Å². The lowest BCUT2D eigenvalue weighted by Gasteiger charge is -2.38. The van der Waals surface area contributed by atoms with Crippen LogP contribution in [0.15, 0.2) is 187 Å². The van der Waals surface area contributed by atoms with Crippen LogP contribution >= 0.6 is 23.5 Å². The Kier molecular flexibility index (Phi) is 22.1. The summed E-state index contributed by atoms with van der Waals surface area (Å²) in [7, 11) is 2.75. The summed E-state index contributed by atoms with van der Waals surface area (Å²) >= 11 is 3.27. The van der Waals surface area contributed by atoms with Gasteiger partial charge in [0.2, 0.25) is 11.8 Å². The summed E-state index contributed by atoms with van der Waals surface area (Å²) in [6.45, 7) is 2.38. The Morgan fingerprint density at radius 1 is 0.500 bits per heavy atom. The number of carbonyl (C=O) groups is 4. The molecule has 8 rings (SSSR count). The fourth-order valence-corrected chi connectivity index (χ4v) is 14.7. The van der Waals surface area contributed by atoms with Gasteiger partial charge in [-0.15, -0.1) is 23.5 Å². The number of esters is 2. The van der Waals surface area contributed by atoms with E-state index in [4.69, 9.17) is 15.0 Å². The molecule has 6 aromatic carbocycles. The summed E-state index contributed by atoms with van der Waals surface area (Å²) in [5.41, 5.74) is 14.3. The predicted octanol–water partition coefficient (Wildman–Crippen LogP) is 14.1. The molecule has 0 radical (unpaired) electrons. The average molecular weight is 1090 g/mol. The molecule has 2 fully saturated rings. The van der Waals surface area contributed by atoms with Crippen molar-refractivity contribution in [2.75, 3.05) is 32.3 Å². The van der Waals surface area contributed by atoms with Crippen molar-refractivity contribution >= 4 is 47.3 Å². The van der Waals surface area contributed by atoms with Crippen LogP contribution < -0.4 is 10.6 Å². The van der Waals surface area contributed by atoms with Gasteiger partial charge in [-0.3, -0.25) is 9.59 Å². The van der Waals surface area contributed by atoms with Gasteiger partial charge in [-0.05, 0) is 77.4 Å². The number of ether oxygens (including phenoxy) is 2. The summed E-state index contributed by atoms with van der Waals surface area (Å²) in [5, 5.41) is 9.92. The molecule has 78 heavy (non-hydrogen) atoms. The van der Waals surface area contributed by atoms with E-state index in [1.54, 1.807) is 23.5 Å². The normalized spacial score (nSPS) is 15.6. The number of benzene rings is 6. The quantitative estimate of drug-likeness (QED) is 0.0211. The molecule has 0 saturated heterocycles. The molecular weight excluding hydrogens is 1010 g/mol. The SMILES string of the molecule is CCCC1(C(=O)N[C@H](CSC(c2ccccc2)(c2ccccc2)c2ccccc2)C(=O)OC)CCCCC1.COC(=O)[C@H](CSC(c1ccccc1)(c1ccccc1)c1ccccc1)NC(=O)C1(CCN=[N+]=[N-])CCCCC1. The minimum absolute atomic E-state index is 0.000201. The second kappa shape index (κ2) is 29.3. The third kappa shape index (κ3) is 14.1. The molecule has 6 aromatic rings. The van der Waals surface area contributed by atoms with Crippen molar-refractivity contribution in [3.8, 4) is 0 Å². The molecule has 0 aromatic heterocycles. The summed E-state index contributed by atoms with van der Waals surface area (Å²) in [5.74, 6) is -0.384. The summed E-state index contributed by atoms with van der Waals surface area (Å²) in [6.07, 6.45) is 11.7. The monoisotopic (exact) mass is 1090 g/mol. The van der Waals surface area contributed by atoms with Crippen LogP contribution in [-0.2, 0) is 38.1 Å². The Morgan fingerprint density at radius 2 is 0.782 bits per heavy atom. The number of nitrogens with zero attached hydrogens (tertiary/aromatic N) is 3. The van der Waals surface area contributed by atoms with Gasteiger partial charge in [-0.25, -0.2) is 9.59 Å². The molecule has 0 aliphatic heterocycles. The lowest BCUT2D eigenvalue weighted by atomic mass is 9.70. The molecule has 2 saturated carbocycles. The van der Waals surface area contributed by atoms with Crippen molar-refractivity contribution in [2.24, 2.45) is 15.9 Å². The van der Waals surface area contributed by atoms with E-state index in [1.807, 2.05) is 109 Å². The van der Waals surface area contributed by atoms with Gasteiger partial charge in [0.05, 0.1) is 23.7 Å². The first-order valence-electron chi connectivity index (χ1n) is 27.5. The third-order valence-electron chi connectivity index (χ3n) is 15.7. The van der Waals surface area contributed by atoms with E-state index in [0.29, 0.717) is 30.8 Å². The number of hydrogen-bond acceptors (Lipinski definition) is 9. The van der Waals surface area contributed by atoms with Gasteiger partial charge in [0.1, 0.15) is 12.1 Å². The number of hydrogen-bond donors (Lipinski definition) is 2. The van der Waals surface area contributed by atoms with E-state index in [-0.39, 0.29) is 23.8 Å². The molecule has 2 atom stereocenters. The van der Waals surface area contributed by atoms with Gasteiger partial charge < -0.3 is 20.1 Å². The van der Waals surface area contributed by atoms with Crippen molar-refractivity contribution in [3.05, 3.63) is 226 Å². The largest absolute Gasteiger partial charge is 0.467 e. The zero-order valence-electron chi connectivity index (χ0n) is 45.4. The van der Waals surface area contributed by atoms with Crippen LogP contribution in [0.2, 0.25) is 0 Å². The van der Waals surface area contributed by atoms with Crippen LogP contribution in [0.3, 0.4) is 0 Å². The number of nitrogens with one attached hydrogen (secondary N) is 2. The highest BCUT2D eigenvalue weighted by atomic mass is 32.2. The van der Waals surface area contributed by atoms with Gasteiger partial charge in [0.15, 0.2) is 0 Å². The number of rotatable bonds is 23. The molecule has 2 aliphatic rings. The molecular formula is C65H75N5O6S2. The fourth-order valence-electron chi connectivity index (χ4n) is 11.6. The van der Waals surface area contributed by atoms with Crippen LogP contribution in [0.4, 0.5) is 0 Å². The maximum atomic E-state index is 13.8. The van der Waals surface area contributed by atoms with Crippen molar-refractivity contribution in [3.63, 3.8) is 0 Å². The molecule has 2 N–H and O–H groups in total. The molecule has 2 aliphatic carbocycles. The molecule has 0 unspecified atom stereocenters. The predicted molar refractivity (Wildman–Crippen MR) is 316 cm³/mol. The lowest BCUT2D eigenvalue weighted by Crippen LogP contribution is -2.51. The van der Waals surface area contributed by atoms with Gasteiger partial charge in [0, 0.05) is 33.8 Å². The smallest absolute Gasteiger partial charge is 0.329 e. The lowest BCUT2D eigenvalue weighted by molar-refractivity contribution is -0.146. The minimum Gasteiger partial charge on any atom is -0.467 e. The number of carbonyl (C=O) groups excluding carboxylic acids is 4. The molecule has 0 heterocycles. The average Bonchev–Trinajstić information content (AvgIpc) is 3.54. The minimum atomic E-state index is -0.851. The first-order valence-corrected chi connectivity index (χ1v) is 29.5. The van der Waals surface area contributed by atoms with E-state index in [0.717, 1.165) is 91.2 Å². The molecule has 2 amide bonds. The van der Waals surface area contributed by atoms with Crippen molar-refractivity contribution < 1.29 is 28.7 Å². The van der Waals surface area contributed by atoms with Crippen LogP contribution in [-0.4, -0.2) is 68.1 Å². The van der Waals surface area contributed by atoms with Crippen molar-refractivity contribution in [1.29, 1.82) is 0 Å². The van der Waals surface area contributed by atoms with Gasteiger partial charge in [-0.1, -0.05) is 239 Å². The van der Waals surface area contributed by atoms with E-state index < -0.39 is 38.9 Å². The maximum absolute atomic E-state index is 13.8. The molecule has 0 bridgehead atoms. The topological polar surface area (TPSA) is 160 Å². The van der Waals surface area contributed by atoms with E-state index in [9.17, 15) is 19.2 Å². The van der Waals surface area contributed by atoms with Crippen molar-refractivity contribution in [1.82, 2.24) is 10.6 Å². The van der Waals surface area contributed by atoms with Gasteiger partial charge >= 0.3 is 11.9 Å². The fraction of sp³-hybridized carbons (Fsp3) is 0.385. The van der Waals surface area contributed by atoms with E-state index >= 15 is 0 Å². The zero-order valence-corrected chi connectivity index (χ0v) is 47.0. The van der Waals surface area contributed by atoms with Gasteiger partial charge in [-0.2, -0.15) is 0 Å². The highest BCUT2D eigenvalue weighted by molar-refractivity contribution is 8.01. The molecule has 11 nitrogen and oxygen atoms in total. The molecule has 13 heteroatoms. The van der Waals surface area contributed by atoms with E-state index in [1.165, 1.54) is 20.6 Å². The standard InChI is InChI=1S/C33H39NO3S.C32H36N4O3S/c1-3-22-32(23-14-7-15-24-32)31(36)34-29(30(35)37-2)25-38-33(26-16-8-4-9-17-26,27-18-10-5-11-19-27)28-20-12-6-13-21-28;1-39-29(37)28(35-30(38)31(22-23-34-36-33)20-12-5-13-21-31)24-40-32(25-14-6-2-7-15-25,26-16-8-3-9-17-26)27-18-10-4-11-19-27/h4-6,8-13,16-21,29H,3,7,14-15,22-25H2,1-2H3,(H,34,36);2-4,6-11,14-19,28H,5,12-13,20-24H2,1H3,(H,35,38)/t29-;28-/m10/s1. The summed E-state index contributed by atoms with van der Waals surface area (Å²) in [6, 6.07) is 60.3. The Bertz CT molecular complexity index is 2650. The summed E-state index contributed by atoms with van der Waals surface area (Å²) in [4.78, 5) is 56.6. The second-order valence-electron chi connectivity index (χ2n) is 20.4. The Hall–Kier alpha value is -6.79. The number of methoxy groups -OCH3 is 2. The highest BCUT2D eigenvalue weighted by Crippen LogP contribution is 2.51. The number of thioether (sulfide) groups is 2. The van der Waals surface area contributed by atoms with Crippen LogP contribution in [0, 0.1) is 10.8 Å². The maximum Gasteiger partial charge on any atom is 0.329 e. The molecule has 408 valence electrons.